The molecule has 0 saturated heterocycles. The Balaban J connectivity index is 1.36. The average Bonchev–Trinajstić information content (AvgIpc) is 3.62. The highest BCUT2D eigenvalue weighted by molar-refractivity contribution is 5.97. The van der Waals surface area contributed by atoms with Gasteiger partial charge in [0.1, 0.15) is 11.6 Å². The summed E-state index contributed by atoms with van der Waals surface area (Å²) < 4.78 is 25.7. The number of nitrogens with zero attached hydrogens (tertiary/aromatic N) is 3. The first-order chi connectivity index (χ1) is 29.2. The third-order valence-electron chi connectivity index (χ3n) is 11.4. The topological polar surface area (TPSA) is 50.9 Å². The molecule has 0 spiro atoms. The number of hydrogen-bond donors (Lipinski definition) is 1. The van der Waals surface area contributed by atoms with Crippen molar-refractivity contribution in [2.45, 2.75) is 85.4 Å². The van der Waals surface area contributed by atoms with Crippen LogP contribution in [0.3, 0.4) is 0 Å². The summed E-state index contributed by atoms with van der Waals surface area (Å²) in [7, 11) is 0. The van der Waals surface area contributed by atoms with Crippen LogP contribution in [0.25, 0.3) is 72.7 Å². The lowest BCUT2D eigenvalue weighted by Gasteiger charge is -2.24. The number of phenolic OH excluding ortho intramolecular Hbond substituents is 1. The molecule has 0 fully saturated rings. The number of rotatable bonds is 6. The van der Waals surface area contributed by atoms with Gasteiger partial charge in [-0.2, -0.15) is 0 Å². The number of aromatic nitrogens is 3. The molecule has 2 heterocycles. The third-order valence-corrected chi connectivity index (χ3v) is 11.4. The van der Waals surface area contributed by atoms with Gasteiger partial charge in [-0.3, -0.25) is 9.55 Å². The van der Waals surface area contributed by atoms with Gasteiger partial charge in [0.05, 0.1) is 28.0 Å². The largest absolute Gasteiger partial charge is 0.507 e. The summed E-state index contributed by atoms with van der Waals surface area (Å²) in [4.78, 5) is 10.4. The zero-order chi connectivity index (χ0) is 44.4. The van der Waals surface area contributed by atoms with Gasteiger partial charge in [-0.25, -0.2) is 4.98 Å². The molecule has 296 valence electrons. The predicted molar refractivity (Wildman–Crippen MR) is 249 cm³/mol. The number of imidazole rings is 1. The minimum Gasteiger partial charge on any atom is -0.507 e. The van der Waals surface area contributed by atoms with Crippen molar-refractivity contribution in [1.82, 2.24) is 14.5 Å². The van der Waals surface area contributed by atoms with Crippen LogP contribution in [0.4, 0.5) is 0 Å². The van der Waals surface area contributed by atoms with Gasteiger partial charge in [-0.05, 0) is 111 Å². The molecule has 0 bridgehead atoms. The molecular formula is C55H55N3O. The molecule has 0 unspecified atom stereocenters. The van der Waals surface area contributed by atoms with Crippen LogP contribution >= 0.6 is 0 Å². The molecule has 0 radical (unpaired) electrons. The van der Waals surface area contributed by atoms with Gasteiger partial charge in [0, 0.05) is 27.0 Å². The second-order valence-electron chi connectivity index (χ2n) is 18.8. The lowest BCUT2D eigenvalue weighted by atomic mass is 9.83. The Morgan fingerprint density at radius 3 is 1.83 bits per heavy atom. The van der Waals surface area contributed by atoms with E-state index in [4.69, 9.17) is 14.1 Å². The maximum absolute atomic E-state index is 11.5. The highest BCUT2D eigenvalue weighted by Gasteiger charge is 2.25. The monoisotopic (exact) mass is 776 g/mol. The summed E-state index contributed by atoms with van der Waals surface area (Å²) in [6, 6.07) is 47.2. The Hall–Kier alpha value is -6.26. The number of phenols is 1. The van der Waals surface area contributed by atoms with Gasteiger partial charge >= 0.3 is 0 Å². The molecule has 8 aromatic rings. The van der Waals surface area contributed by atoms with E-state index in [0.29, 0.717) is 17.0 Å². The smallest absolute Gasteiger partial charge is 0.149 e. The predicted octanol–water partition coefficient (Wildman–Crippen LogP) is 14.7. The second-order valence-corrected chi connectivity index (χ2v) is 18.8. The fourth-order valence-electron chi connectivity index (χ4n) is 7.79. The summed E-state index contributed by atoms with van der Waals surface area (Å²) in [6.45, 7) is 17.9. The summed E-state index contributed by atoms with van der Waals surface area (Å²) in [6.07, 6.45) is 1.81. The summed E-state index contributed by atoms with van der Waals surface area (Å²) in [5.74, 6) is 0.805. The van der Waals surface area contributed by atoms with E-state index in [2.05, 4.69) is 152 Å². The van der Waals surface area contributed by atoms with Crippen LogP contribution in [0.5, 0.6) is 5.75 Å². The fraction of sp³-hybridized carbons (Fsp3) is 0.236. The van der Waals surface area contributed by atoms with Crippen molar-refractivity contribution in [3.05, 3.63) is 168 Å². The van der Waals surface area contributed by atoms with Gasteiger partial charge < -0.3 is 5.11 Å². The first-order valence-corrected chi connectivity index (χ1v) is 20.5. The van der Waals surface area contributed by atoms with E-state index in [1.54, 1.807) is 18.2 Å². The van der Waals surface area contributed by atoms with Gasteiger partial charge in [0.2, 0.25) is 0 Å². The molecule has 1 N–H and O–H groups in total. The first kappa shape index (κ1) is 35.9. The highest BCUT2D eigenvalue weighted by Crippen LogP contribution is 2.43. The third kappa shape index (κ3) is 7.84. The van der Waals surface area contributed by atoms with Crippen molar-refractivity contribution in [1.29, 1.82) is 0 Å². The molecule has 0 amide bonds. The first-order valence-electron chi connectivity index (χ1n) is 22.0. The normalized spacial score (nSPS) is 13.3. The van der Waals surface area contributed by atoms with Crippen LogP contribution in [0.1, 0.15) is 88.7 Å². The molecule has 0 atom stereocenters. The highest BCUT2D eigenvalue weighted by atomic mass is 16.3. The molecule has 0 aliphatic heterocycles. The van der Waals surface area contributed by atoms with Crippen molar-refractivity contribution in [2.75, 3.05) is 0 Å². The number of hydrogen-bond acceptors (Lipinski definition) is 3. The Morgan fingerprint density at radius 1 is 0.508 bits per heavy atom. The maximum atomic E-state index is 11.5. The molecule has 0 saturated carbocycles. The minimum absolute atomic E-state index is 0.0185. The van der Waals surface area contributed by atoms with Crippen LogP contribution in [0.2, 0.25) is 0 Å². The Kier molecular flexibility index (Phi) is 9.02. The second kappa shape index (κ2) is 14.8. The van der Waals surface area contributed by atoms with Crippen molar-refractivity contribution < 1.29 is 9.22 Å². The standard InChI is InChI=1S/C55H55N3O/c1-35-18-20-36(21-19-35)38-28-29-56-47(33-38)40-30-39(31-43(32-40)55(8,9)10)45-15-13-16-48-51(45)57-52(46-14-11-12-17-50(46)59)58(48)49-34-42(54(5,6)7)26-27-44(49)37-22-24-41(25-23-37)53(2,3)4/h11-34,59H,1-10H3/i1D3. The van der Waals surface area contributed by atoms with Gasteiger partial charge in [-0.15, -0.1) is 0 Å². The van der Waals surface area contributed by atoms with Crippen molar-refractivity contribution in [3.63, 3.8) is 0 Å². The SMILES string of the molecule is [2H]C([2H])([2H])c1ccc(-c2ccnc(-c3cc(-c4cccc5c4nc(-c4ccccc4O)n5-c4cc(C(C)(C)C)ccc4-c4ccc(C(C)(C)C)cc4)cc(C(C)(C)C)c3)c2)cc1. The summed E-state index contributed by atoms with van der Waals surface area (Å²) in [5.41, 5.74) is 14.7. The van der Waals surface area contributed by atoms with Crippen LogP contribution in [-0.4, -0.2) is 19.6 Å². The number of pyridine rings is 1. The van der Waals surface area contributed by atoms with Crippen LogP contribution in [0.15, 0.2) is 146 Å². The number of fused-ring (bicyclic) bond motifs is 1. The van der Waals surface area contributed by atoms with Gasteiger partial charge in [0.15, 0.2) is 0 Å². The van der Waals surface area contributed by atoms with Crippen LogP contribution < -0.4 is 0 Å². The quantitative estimate of drug-likeness (QED) is 0.183. The lowest BCUT2D eigenvalue weighted by Crippen LogP contribution is -2.13. The zero-order valence-electron chi connectivity index (χ0n) is 38.6. The Labute approximate surface area is 354 Å². The molecule has 0 aliphatic carbocycles. The van der Waals surface area contributed by atoms with E-state index in [-0.39, 0.29) is 22.0 Å². The average molecular weight is 777 g/mol. The molecule has 59 heavy (non-hydrogen) atoms. The minimum atomic E-state index is -2.16. The van der Waals surface area contributed by atoms with Gasteiger partial charge in [0.25, 0.3) is 0 Å². The maximum Gasteiger partial charge on any atom is 0.149 e. The van der Waals surface area contributed by atoms with E-state index < -0.39 is 6.85 Å². The molecule has 0 aliphatic rings. The number of aromatic hydroxyl groups is 1. The van der Waals surface area contributed by atoms with Crippen molar-refractivity contribution in [3.8, 4) is 67.5 Å². The van der Waals surface area contributed by atoms with E-state index in [0.717, 1.165) is 66.9 Å². The lowest BCUT2D eigenvalue weighted by molar-refractivity contribution is 0.477. The Bertz CT molecular complexity index is 2940. The summed E-state index contributed by atoms with van der Waals surface area (Å²) in [5, 5.41) is 11.5. The molecule has 6 aromatic carbocycles. The molecule has 4 nitrogen and oxygen atoms in total. The number of para-hydroxylation sites is 2. The van der Waals surface area contributed by atoms with E-state index in [1.807, 2.05) is 42.6 Å². The van der Waals surface area contributed by atoms with Crippen LogP contribution in [0, 0.1) is 6.85 Å². The van der Waals surface area contributed by atoms with Gasteiger partial charge in [-0.1, -0.05) is 159 Å². The van der Waals surface area contributed by atoms with E-state index >= 15 is 0 Å². The number of benzene rings is 6. The summed E-state index contributed by atoms with van der Waals surface area (Å²) >= 11 is 0. The van der Waals surface area contributed by atoms with E-state index in [1.165, 1.54) is 11.1 Å². The molecular weight excluding hydrogens is 719 g/mol. The molecule has 2 aromatic heterocycles. The Morgan fingerprint density at radius 2 is 1.15 bits per heavy atom. The molecule has 8 rings (SSSR count). The molecule has 4 heteroatoms. The van der Waals surface area contributed by atoms with E-state index in [9.17, 15) is 5.11 Å². The fourth-order valence-corrected chi connectivity index (χ4v) is 7.79. The zero-order valence-corrected chi connectivity index (χ0v) is 35.6. The van der Waals surface area contributed by atoms with Crippen molar-refractivity contribution in [2.24, 2.45) is 0 Å². The number of aryl methyl sites for hydroxylation is 1. The van der Waals surface area contributed by atoms with Crippen LogP contribution in [-0.2, 0) is 16.2 Å². The van der Waals surface area contributed by atoms with Crippen molar-refractivity contribution >= 4 is 11.0 Å².